The van der Waals surface area contributed by atoms with E-state index in [0.717, 1.165) is 19.5 Å². The molecule has 0 spiro atoms. The van der Waals surface area contributed by atoms with Gasteiger partial charge in [0.05, 0.1) is 0 Å². The van der Waals surface area contributed by atoms with Crippen LogP contribution in [0.25, 0.3) is 0 Å². The summed E-state index contributed by atoms with van der Waals surface area (Å²) in [7, 11) is 0. The van der Waals surface area contributed by atoms with Crippen LogP contribution in [0.4, 0.5) is 4.39 Å². The van der Waals surface area contributed by atoms with Crippen molar-refractivity contribution in [1.29, 1.82) is 0 Å². The van der Waals surface area contributed by atoms with E-state index in [4.69, 9.17) is 0 Å². The van der Waals surface area contributed by atoms with E-state index in [1.165, 1.54) is 24.3 Å². The molecule has 1 aromatic rings. The maximum atomic E-state index is 12.8. The second-order valence-corrected chi connectivity index (χ2v) is 5.46. The first-order valence-electron chi connectivity index (χ1n) is 6.84. The molecule has 1 fully saturated rings. The van der Waals surface area contributed by atoms with E-state index in [-0.39, 0.29) is 11.7 Å². The Morgan fingerprint density at radius 2 is 2.11 bits per heavy atom. The molecule has 1 amide bonds. The van der Waals surface area contributed by atoms with Crippen LogP contribution in [-0.2, 0) is 0 Å². The van der Waals surface area contributed by atoms with Crippen LogP contribution in [-0.4, -0.2) is 36.5 Å². The van der Waals surface area contributed by atoms with Crippen LogP contribution in [0.15, 0.2) is 24.3 Å². The van der Waals surface area contributed by atoms with Gasteiger partial charge in [0.2, 0.25) is 0 Å². The minimum Gasteiger partial charge on any atom is -0.352 e. The molecule has 1 heterocycles. The fourth-order valence-electron chi connectivity index (χ4n) is 2.44. The zero-order valence-corrected chi connectivity index (χ0v) is 11.5. The Hall–Kier alpha value is -1.42. The Morgan fingerprint density at radius 1 is 1.42 bits per heavy atom. The number of hydrogen-bond donors (Lipinski definition) is 1. The Labute approximate surface area is 113 Å². The van der Waals surface area contributed by atoms with Crippen LogP contribution in [0.5, 0.6) is 0 Å². The number of carbonyl (C=O) groups is 1. The maximum Gasteiger partial charge on any atom is 0.251 e. The molecule has 0 radical (unpaired) electrons. The van der Waals surface area contributed by atoms with Gasteiger partial charge in [-0.3, -0.25) is 4.79 Å². The molecule has 0 aromatic heterocycles. The van der Waals surface area contributed by atoms with E-state index in [1.807, 2.05) is 0 Å². The fraction of sp³-hybridized carbons (Fsp3) is 0.533. The third-order valence-electron chi connectivity index (χ3n) is 3.71. The normalized spacial score (nSPS) is 19.9. The summed E-state index contributed by atoms with van der Waals surface area (Å²) in [6.07, 6.45) is 1.13. The van der Waals surface area contributed by atoms with E-state index in [9.17, 15) is 9.18 Å². The smallest absolute Gasteiger partial charge is 0.251 e. The summed E-state index contributed by atoms with van der Waals surface area (Å²) in [5, 5.41) is 2.93. The highest BCUT2D eigenvalue weighted by molar-refractivity contribution is 5.94. The Morgan fingerprint density at radius 3 is 2.68 bits per heavy atom. The highest BCUT2D eigenvalue weighted by Crippen LogP contribution is 2.17. The van der Waals surface area contributed by atoms with Crippen LogP contribution in [0, 0.1) is 11.7 Å². The van der Waals surface area contributed by atoms with Gasteiger partial charge in [0, 0.05) is 24.7 Å². The molecule has 0 bridgehead atoms. The second kappa shape index (κ2) is 6.15. The molecular formula is C15H21FN2O. The zero-order chi connectivity index (χ0) is 13.8. The quantitative estimate of drug-likeness (QED) is 0.905. The summed E-state index contributed by atoms with van der Waals surface area (Å²) in [6.45, 7) is 7.23. The lowest BCUT2D eigenvalue weighted by molar-refractivity contribution is 0.0947. The molecule has 0 saturated carbocycles. The van der Waals surface area contributed by atoms with E-state index in [1.54, 1.807) is 0 Å². The van der Waals surface area contributed by atoms with Gasteiger partial charge in [0.1, 0.15) is 5.82 Å². The fourth-order valence-corrected chi connectivity index (χ4v) is 2.44. The molecule has 3 nitrogen and oxygen atoms in total. The Kier molecular flexibility index (Phi) is 4.53. The molecule has 2 rings (SSSR count). The van der Waals surface area contributed by atoms with Crippen LogP contribution in [0.2, 0.25) is 0 Å². The van der Waals surface area contributed by atoms with Gasteiger partial charge in [-0.05, 0) is 57.0 Å². The molecule has 1 N–H and O–H groups in total. The molecule has 19 heavy (non-hydrogen) atoms. The molecular weight excluding hydrogens is 243 g/mol. The van der Waals surface area contributed by atoms with Gasteiger partial charge in [-0.1, -0.05) is 0 Å². The number of rotatable bonds is 4. The molecule has 1 atom stereocenters. The minimum absolute atomic E-state index is 0.122. The number of benzene rings is 1. The molecule has 0 aliphatic carbocycles. The monoisotopic (exact) mass is 264 g/mol. The number of halogens is 1. The minimum atomic E-state index is -0.320. The number of likely N-dealkylation sites (tertiary alicyclic amines) is 1. The summed E-state index contributed by atoms with van der Waals surface area (Å²) >= 11 is 0. The van der Waals surface area contributed by atoms with Gasteiger partial charge in [-0.25, -0.2) is 4.39 Å². The van der Waals surface area contributed by atoms with Crippen LogP contribution in [0.1, 0.15) is 30.6 Å². The first-order chi connectivity index (χ1) is 9.06. The van der Waals surface area contributed by atoms with Crippen molar-refractivity contribution in [2.45, 2.75) is 26.3 Å². The lowest BCUT2D eigenvalue weighted by Gasteiger charge is -2.20. The highest BCUT2D eigenvalue weighted by atomic mass is 19.1. The first kappa shape index (κ1) is 14.0. The zero-order valence-electron chi connectivity index (χ0n) is 11.5. The predicted octanol–water partition coefficient (Wildman–Crippen LogP) is 2.29. The van der Waals surface area contributed by atoms with Crippen molar-refractivity contribution in [2.24, 2.45) is 5.92 Å². The SMILES string of the molecule is CC(C)N1CC[C@@H](CNC(=O)c2ccc(F)cc2)C1. The van der Waals surface area contributed by atoms with Crippen LogP contribution in [0.3, 0.4) is 0 Å². The number of amides is 1. The molecule has 1 aliphatic rings. The number of carbonyl (C=O) groups excluding carboxylic acids is 1. The number of hydrogen-bond acceptors (Lipinski definition) is 2. The summed E-state index contributed by atoms with van der Waals surface area (Å²) in [5.74, 6) is 0.0784. The number of nitrogens with zero attached hydrogens (tertiary/aromatic N) is 1. The third kappa shape index (κ3) is 3.77. The molecule has 1 saturated heterocycles. The van der Waals surface area contributed by atoms with Crippen molar-refractivity contribution in [1.82, 2.24) is 10.2 Å². The van der Waals surface area contributed by atoms with Crippen molar-refractivity contribution >= 4 is 5.91 Å². The van der Waals surface area contributed by atoms with Crippen molar-refractivity contribution in [3.63, 3.8) is 0 Å². The Bertz CT molecular complexity index is 430. The van der Waals surface area contributed by atoms with E-state index >= 15 is 0 Å². The van der Waals surface area contributed by atoms with Crippen molar-refractivity contribution in [3.8, 4) is 0 Å². The van der Waals surface area contributed by atoms with Gasteiger partial charge in [0.15, 0.2) is 0 Å². The van der Waals surface area contributed by atoms with Crippen molar-refractivity contribution in [2.75, 3.05) is 19.6 Å². The Balaban J connectivity index is 1.80. The summed E-state index contributed by atoms with van der Waals surface area (Å²) in [5.41, 5.74) is 0.514. The van der Waals surface area contributed by atoms with Crippen LogP contribution < -0.4 is 5.32 Å². The summed E-state index contributed by atoms with van der Waals surface area (Å²) in [4.78, 5) is 14.3. The lowest BCUT2D eigenvalue weighted by Crippen LogP contribution is -2.32. The van der Waals surface area contributed by atoms with Crippen LogP contribution >= 0.6 is 0 Å². The summed E-state index contributed by atoms with van der Waals surface area (Å²) < 4.78 is 12.8. The van der Waals surface area contributed by atoms with E-state index < -0.39 is 0 Å². The van der Waals surface area contributed by atoms with Gasteiger partial charge in [0.25, 0.3) is 5.91 Å². The maximum absolute atomic E-state index is 12.8. The average molecular weight is 264 g/mol. The average Bonchev–Trinajstić information content (AvgIpc) is 2.86. The molecule has 0 unspecified atom stereocenters. The van der Waals surface area contributed by atoms with E-state index in [2.05, 4.69) is 24.1 Å². The lowest BCUT2D eigenvalue weighted by atomic mass is 10.1. The molecule has 104 valence electrons. The topological polar surface area (TPSA) is 32.3 Å². The highest BCUT2D eigenvalue weighted by Gasteiger charge is 2.24. The van der Waals surface area contributed by atoms with Gasteiger partial charge in [-0.15, -0.1) is 0 Å². The van der Waals surface area contributed by atoms with Crippen molar-refractivity contribution < 1.29 is 9.18 Å². The van der Waals surface area contributed by atoms with Gasteiger partial charge in [-0.2, -0.15) is 0 Å². The predicted molar refractivity (Wildman–Crippen MR) is 73.5 cm³/mol. The summed E-state index contributed by atoms with van der Waals surface area (Å²) in [6, 6.07) is 6.22. The molecule has 4 heteroatoms. The van der Waals surface area contributed by atoms with E-state index in [0.29, 0.717) is 24.1 Å². The first-order valence-corrected chi connectivity index (χ1v) is 6.84. The number of nitrogens with one attached hydrogen (secondary N) is 1. The second-order valence-electron chi connectivity index (χ2n) is 5.46. The van der Waals surface area contributed by atoms with Gasteiger partial charge >= 0.3 is 0 Å². The third-order valence-corrected chi connectivity index (χ3v) is 3.71. The van der Waals surface area contributed by atoms with Crippen molar-refractivity contribution in [3.05, 3.63) is 35.6 Å². The van der Waals surface area contributed by atoms with Gasteiger partial charge < -0.3 is 10.2 Å². The molecule has 1 aliphatic heterocycles. The molecule has 1 aromatic carbocycles. The largest absolute Gasteiger partial charge is 0.352 e. The standard InChI is InChI=1S/C15H21FN2O/c1-11(2)18-8-7-12(10-18)9-17-15(19)13-3-5-14(16)6-4-13/h3-6,11-12H,7-10H2,1-2H3,(H,17,19)/t12-/m0/s1.